The molecule has 0 saturated carbocycles. The van der Waals surface area contributed by atoms with Crippen molar-refractivity contribution >= 4 is 144 Å². The first-order valence-corrected chi connectivity index (χ1v) is 34.7. The van der Waals surface area contributed by atoms with Crippen LogP contribution in [0.5, 0.6) is 0 Å². The van der Waals surface area contributed by atoms with Crippen LogP contribution in [-0.4, -0.2) is 11.3 Å². The molecule has 18 rings (SSSR count). The minimum Gasteiger partial charge on any atom is -0.310 e. The van der Waals surface area contributed by atoms with Gasteiger partial charge in [-0.1, -0.05) is 262 Å². The predicted octanol–water partition coefficient (Wildman–Crippen LogP) is 24.2. The highest BCUT2D eigenvalue weighted by Crippen LogP contribution is 2.57. The van der Waals surface area contributed by atoms with Gasteiger partial charge in [-0.05, 0) is 172 Å². The number of rotatable bonds is 7. The zero-order valence-electron chi connectivity index (χ0n) is 58.4. The molecule has 0 atom stereocenters. The molecule has 2 aliphatic rings. The number of hydrogen-bond donors (Lipinski definition) is 0. The van der Waals surface area contributed by atoms with Crippen LogP contribution in [0.25, 0.3) is 114 Å². The number of nitrogens with zero attached hydrogens (tertiary/aromatic N) is 3. The van der Waals surface area contributed by atoms with Gasteiger partial charge in [0.05, 0.1) is 32.2 Å². The van der Waals surface area contributed by atoms with Crippen LogP contribution in [0.15, 0.2) is 267 Å². The van der Waals surface area contributed by atoms with Gasteiger partial charge < -0.3 is 14.4 Å². The smallest absolute Gasteiger partial charge is 0.264 e. The second-order valence-corrected chi connectivity index (χ2v) is 31.0. The number of para-hydroxylation sites is 1. The lowest BCUT2D eigenvalue weighted by molar-refractivity contribution is 0.590. The lowest BCUT2D eigenvalue weighted by Crippen LogP contribution is -2.60. The van der Waals surface area contributed by atoms with Gasteiger partial charge in [0.1, 0.15) is 0 Å². The summed E-state index contributed by atoms with van der Waals surface area (Å²) < 4.78 is 38.6. The van der Waals surface area contributed by atoms with Gasteiger partial charge in [-0.15, -0.1) is 11.3 Å². The first-order valence-electron chi connectivity index (χ1n) is 35.0. The van der Waals surface area contributed by atoms with Crippen LogP contribution >= 0.6 is 22.9 Å². The van der Waals surface area contributed by atoms with Crippen LogP contribution in [0.3, 0.4) is 0 Å². The summed E-state index contributed by atoms with van der Waals surface area (Å²) in [4.78, 5) is 5.00. The lowest BCUT2D eigenvalue weighted by Gasteiger charge is -2.46. The Balaban J connectivity index is 1.07. The fourth-order valence-corrected chi connectivity index (χ4v) is 17.3. The maximum Gasteiger partial charge on any atom is 0.264 e. The van der Waals surface area contributed by atoms with E-state index in [-0.39, 0.29) is 29.0 Å². The summed E-state index contributed by atoms with van der Waals surface area (Å²) in [6.07, 6.45) is 0. The molecule has 0 fully saturated rings. The number of halogens is 1. The molecule has 0 spiro atoms. The Morgan fingerprint density at radius 3 is 1.43 bits per heavy atom. The quantitative estimate of drug-likeness (QED) is 0.116. The van der Waals surface area contributed by atoms with Gasteiger partial charge in [-0.25, -0.2) is 0 Å². The predicted molar refractivity (Wildman–Crippen MR) is 417 cm³/mol. The Morgan fingerprint density at radius 2 is 0.875 bits per heavy atom. The van der Waals surface area contributed by atoms with Gasteiger partial charge in [0.15, 0.2) is 0 Å². The number of hydrogen-bond acceptors (Lipinski definition) is 3. The summed E-state index contributed by atoms with van der Waals surface area (Å²) in [7, 11) is 0. The van der Waals surface area contributed by atoms with Crippen molar-refractivity contribution in [2.45, 2.75) is 78.6 Å². The van der Waals surface area contributed by atoms with Crippen molar-refractivity contribution in [3.8, 4) is 50.2 Å². The Labute approximate surface area is 575 Å². The van der Waals surface area contributed by atoms with Crippen LogP contribution in [0, 0.1) is 0 Å². The second kappa shape index (κ2) is 21.4. The van der Waals surface area contributed by atoms with Crippen LogP contribution in [0.4, 0.5) is 34.1 Å². The first kappa shape index (κ1) is 55.2. The topological polar surface area (TPSA) is 11.4 Å². The van der Waals surface area contributed by atoms with Crippen molar-refractivity contribution < 1.29 is 4.11 Å². The number of anilines is 6. The standard InChI is InChI=1S/C90H71BClN3S/c1-88(2,3)61-46-69(54-25-14-10-15-26-54)84(70(47-61)55-27-16-11-17-28-55)94-76-53-65(93-75-36-23-22-35-66(75)73-45-60-38-37-58-33-24-34-59-39-42-68(83(73)93)81(60)80(58)59)41-44-74(76)91-82-77(94)50-63(90(7,8)9)51-78(82)95(86-67-43-40-64(92)52-79(67)96-87(86)91)85-71(56-29-18-12-19-30-56)48-62(89(4,5)6)49-72(85)57-31-20-13-21-32-57/h10-53H,1-9H3/i41D,44D,53D. The van der Waals surface area contributed by atoms with E-state index >= 15 is 0 Å². The van der Waals surface area contributed by atoms with Crippen molar-refractivity contribution in [3.05, 3.63) is 289 Å². The number of aromatic nitrogens is 1. The molecule has 0 bridgehead atoms. The molecule has 0 radical (unpaired) electrons. The van der Waals surface area contributed by atoms with Gasteiger partial charge in [0.25, 0.3) is 6.71 Å². The Morgan fingerprint density at radius 1 is 0.396 bits per heavy atom. The van der Waals surface area contributed by atoms with Gasteiger partial charge >= 0.3 is 0 Å². The summed E-state index contributed by atoms with van der Waals surface area (Å²) in [5.41, 5.74) is 20.0. The van der Waals surface area contributed by atoms with Crippen LogP contribution in [0.1, 0.15) is 83.1 Å². The maximum atomic E-state index is 11.9. The van der Waals surface area contributed by atoms with E-state index in [9.17, 15) is 4.11 Å². The minimum absolute atomic E-state index is 0.0124. The Kier molecular flexibility index (Phi) is 12.3. The lowest BCUT2D eigenvalue weighted by atomic mass is 9.36. The molecule has 2 aliphatic heterocycles. The number of fused-ring (bicyclic) bond motifs is 10. The highest BCUT2D eigenvalue weighted by molar-refractivity contribution is 7.33. The largest absolute Gasteiger partial charge is 0.310 e. The highest BCUT2D eigenvalue weighted by Gasteiger charge is 2.48. The molecule has 0 N–H and O–H groups in total. The maximum absolute atomic E-state index is 11.9. The average Bonchev–Trinajstić information content (AvgIpc) is 1.67. The van der Waals surface area contributed by atoms with E-state index in [2.05, 4.69) is 319 Å². The molecule has 16 aromatic rings. The van der Waals surface area contributed by atoms with Crippen LogP contribution in [0.2, 0.25) is 5.02 Å². The molecular weight excluding hydrogens is 1200 g/mol. The monoisotopic (exact) mass is 1270 g/mol. The molecule has 6 heteroatoms. The van der Waals surface area contributed by atoms with Crippen LogP contribution < -0.4 is 25.5 Å². The summed E-state index contributed by atoms with van der Waals surface area (Å²) in [5, 5.41) is 10.5. The average molecular weight is 1280 g/mol. The third kappa shape index (κ3) is 9.00. The van der Waals surface area contributed by atoms with E-state index in [1.54, 1.807) is 11.3 Å². The SMILES string of the molecule is [2H]c1c([2H])c(-n2c3ccccc3c3cc4ccc5cccc6ccc(c4c56)c32)c([2H])c2c1B1c3sc4cc(Cl)ccc4c3N(c3c(-c4ccccc4)cc(C(C)(C)C)cc3-c3ccccc3)c3cc(C(C)(C)C)cc(c31)N2c1c(-c2ccccc2)cc(C(C)(C)C)cc1-c1ccccc1. The fourth-order valence-electron chi connectivity index (χ4n) is 15.7. The third-order valence-corrected chi connectivity index (χ3v) is 21.9. The van der Waals surface area contributed by atoms with E-state index in [1.165, 1.54) is 10.9 Å². The molecule has 462 valence electrons. The molecule has 3 nitrogen and oxygen atoms in total. The molecule has 96 heavy (non-hydrogen) atoms. The van der Waals surface area contributed by atoms with Crippen molar-refractivity contribution in [1.82, 2.24) is 4.57 Å². The van der Waals surface area contributed by atoms with Gasteiger partial charge in [-0.3, -0.25) is 0 Å². The molecule has 0 unspecified atom stereocenters. The molecular formula is C90H71BClN3S. The van der Waals surface area contributed by atoms with E-state index < -0.39 is 12.1 Å². The van der Waals surface area contributed by atoms with Gasteiger partial charge in [0.2, 0.25) is 0 Å². The number of benzene rings is 14. The molecule has 2 aromatic heterocycles. The zero-order valence-corrected chi connectivity index (χ0v) is 56.9. The molecule has 0 amide bonds. The van der Waals surface area contributed by atoms with Crippen molar-refractivity contribution in [2.24, 2.45) is 0 Å². The summed E-state index contributed by atoms with van der Waals surface area (Å²) >= 11 is 8.92. The van der Waals surface area contributed by atoms with E-state index in [0.717, 1.165) is 153 Å². The third-order valence-electron chi connectivity index (χ3n) is 20.5. The van der Waals surface area contributed by atoms with E-state index in [0.29, 0.717) is 21.9 Å². The molecule has 4 heterocycles. The Hall–Kier alpha value is -10.2. The normalized spacial score (nSPS) is 13.7. The first-order chi connectivity index (χ1) is 47.7. The van der Waals surface area contributed by atoms with Crippen molar-refractivity contribution in [2.75, 3.05) is 9.80 Å². The summed E-state index contributed by atoms with van der Waals surface area (Å²) in [6, 6.07) is 90.6. The molecule has 0 aliphatic carbocycles. The van der Waals surface area contributed by atoms with Crippen LogP contribution in [-0.2, 0) is 16.2 Å². The van der Waals surface area contributed by atoms with Gasteiger partial charge in [0, 0.05) is 81.0 Å². The summed E-state index contributed by atoms with van der Waals surface area (Å²) in [5.74, 6) is 0. The van der Waals surface area contributed by atoms with E-state index in [4.69, 9.17) is 11.6 Å². The second-order valence-electron chi connectivity index (χ2n) is 29.5. The molecule has 14 aromatic carbocycles. The van der Waals surface area contributed by atoms with Crippen molar-refractivity contribution in [3.63, 3.8) is 0 Å². The Bertz CT molecular complexity index is 5900. The minimum atomic E-state index is -0.646. The van der Waals surface area contributed by atoms with Crippen molar-refractivity contribution in [1.29, 1.82) is 0 Å². The van der Waals surface area contributed by atoms with E-state index in [1.807, 2.05) is 6.07 Å². The fraction of sp³-hybridized carbons (Fsp3) is 0.133. The van der Waals surface area contributed by atoms with Gasteiger partial charge in [-0.2, -0.15) is 0 Å². The molecule has 0 saturated heterocycles. The number of thiophene rings is 1. The highest BCUT2D eigenvalue weighted by atomic mass is 35.5. The summed E-state index contributed by atoms with van der Waals surface area (Å²) in [6.45, 7) is 20.1. The zero-order chi connectivity index (χ0) is 67.9.